The quantitative estimate of drug-likeness (QED) is 0.189. The highest BCUT2D eigenvalue weighted by Gasteiger charge is 2.57. The summed E-state index contributed by atoms with van der Waals surface area (Å²) in [7, 11) is 1.57. The Kier molecular flexibility index (Phi) is 7.04. The van der Waals surface area contributed by atoms with Gasteiger partial charge in [0.2, 0.25) is 5.60 Å². The van der Waals surface area contributed by atoms with Crippen molar-refractivity contribution in [2.45, 2.75) is 31.2 Å². The molecule has 0 bridgehead atoms. The number of alkyl halides is 3. The highest BCUT2D eigenvalue weighted by Crippen LogP contribution is 2.48. The van der Waals surface area contributed by atoms with E-state index in [1.807, 2.05) is 36.4 Å². The number of hydrogen-bond acceptors (Lipinski definition) is 4. The summed E-state index contributed by atoms with van der Waals surface area (Å²) >= 11 is 0. The van der Waals surface area contributed by atoms with Crippen LogP contribution in [0.5, 0.6) is 5.75 Å². The van der Waals surface area contributed by atoms with Crippen molar-refractivity contribution in [1.82, 2.24) is 14.3 Å². The molecule has 6 nitrogen and oxygen atoms in total. The number of hydrogen-bond donors (Lipinski definition) is 1. The number of fused-ring (bicyclic) bond motifs is 2. The second kappa shape index (κ2) is 11.0. The zero-order valence-electron chi connectivity index (χ0n) is 24.4. The van der Waals surface area contributed by atoms with Gasteiger partial charge >= 0.3 is 6.18 Å². The van der Waals surface area contributed by atoms with E-state index in [-0.39, 0.29) is 11.1 Å². The number of aliphatic hydroxyl groups is 1. The zero-order valence-corrected chi connectivity index (χ0v) is 24.4. The van der Waals surface area contributed by atoms with Gasteiger partial charge in [-0.15, -0.1) is 0 Å². The maximum absolute atomic E-state index is 15.2. The minimum atomic E-state index is -5.06. The lowest BCUT2D eigenvalue weighted by atomic mass is 9.85. The summed E-state index contributed by atoms with van der Waals surface area (Å²) in [6.45, 7) is 2.06. The van der Waals surface area contributed by atoms with Gasteiger partial charge in [0.15, 0.2) is 0 Å². The molecule has 1 aliphatic rings. The molecule has 230 valence electrons. The molecule has 0 amide bonds. The Morgan fingerprint density at radius 2 is 1.56 bits per heavy atom. The van der Waals surface area contributed by atoms with E-state index in [2.05, 4.69) is 10.00 Å². The van der Waals surface area contributed by atoms with E-state index in [1.165, 1.54) is 59.5 Å². The first-order valence-electron chi connectivity index (χ1n) is 14.7. The highest BCUT2D eigenvalue weighted by molar-refractivity contribution is 5.89. The van der Waals surface area contributed by atoms with Crippen LogP contribution in [0.3, 0.4) is 0 Å². The summed E-state index contributed by atoms with van der Waals surface area (Å²) in [5.41, 5.74) is -0.421. The smallest absolute Gasteiger partial charge is 0.425 e. The van der Waals surface area contributed by atoms with Crippen molar-refractivity contribution in [3.63, 3.8) is 0 Å². The molecule has 45 heavy (non-hydrogen) atoms. The molecule has 7 rings (SSSR count). The molecule has 1 unspecified atom stereocenters. The average molecular weight is 615 g/mol. The molecule has 3 heterocycles. The third-order valence-corrected chi connectivity index (χ3v) is 8.71. The Morgan fingerprint density at radius 3 is 2.24 bits per heavy atom. The SMILES string of the molecule is COc1ccc(Cn2cc(C(O)(c3ccc4c(cnn4-c4ccc(F)cc4)c3)C(F)(F)F)c3ccc(N4CCCC4)cc32)cc1. The van der Waals surface area contributed by atoms with Gasteiger partial charge in [0.25, 0.3) is 0 Å². The largest absolute Gasteiger partial charge is 0.497 e. The van der Waals surface area contributed by atoms with Crippen LogP contribution < -0.4 is 9.64 Å². The fourth-order valence-electron chi connectivity index (χ4n) is 6.32. The molecule has 1 atom stereocenters. The fraction of sp³-hybridized carbons (Fsp3) is 0.229. The van der Waals surface area contributed by atoms with Crippen molar-refractivity contribution in [2.24, 2.45) is 0 Å². The number of anilines is 1. The van der Waals surface area contributed by atoms with E-state index in [0.717, 1.165) is 37.2 Å². The van der Waals surface area contributed by atoms with E-state index < -0.39 is 17.6 Å². The van der Waals surface area contributed by atoms with Gasteiger partial charge in [-0.3, -0.25) is 0 Å². The average Bonchev–Trinajstić information content (AvgIpc) is 3.80. The first-order valence-corrected chi connectivity index (χ1v) is 14.7. The van der Waals surface area contributed by atoms with Gasteiger partial charge in [-0.2, -0.15) is 18.3 Å². The van der Waals surface area contributed by atoms with Gasteiger partial charge in [-0.05, 0) is 84.6 Å². The van der Waals surface area contributed by atoms with Crippen molar-refractivity contribution in [3.8, 4) is 11.4 Å². The number of nitrogens with zero attached hydrogens (tertiary/aromatic N) is 4. The molecular formula is C35H30F4N4O2. The normalized spacial score (nSPS) is 15.2. The predicted octanol–water partition coefficient (Wildman–Crippen LogP) is 7.57. The third-order valence-electron chi connectivity index (χ3n) is 8.71. The number of methoxy groups -OCH3 is 1. The fourth-order valence-corrected chi connectivity index (χ4v) is 6.32. The second-order valence-electron chi connectivity index (χ2n) is 11.4. The monoisotopic (exact) mass is 614 g/mol. The molecule has 0 saturated carbocycles. The van der Waals surface area contributed by atoms with Crippen molar-refractivity contribution < 1.29 is 27.4 Å². The Morgan fingerprint density at radius 1 is 0.844 bits per heavy atom. The molecule has 2 aromatic heterocycles. The van der Waals surface area contributed by atoms with Crippen LogP contribution in [0.1, 0.15) is 29.5 Å². The molecule has 0 radical (unpaired) electrons. The van der Waals surface area contributed by atoms with Crippen LogP contribution >= 0.6 is 0 Å². The molecule has 0 aliphatic carbocycles. The van der Waals surface area contributed by atoms with Crippen molar-refractivity contribution in [1.29, 1.82) is 0 Å². The molecular weight excluding hydrogens is 584 g/mol. The number of halogens is 4. The number of ether oxygens (including phenoxy) is 1. The summed E-state index contributed by atoms with van der Waals surface area (Å²) in [5, 5.41) is 16.9. The van der Waals surface area contributed by atoms with Gasteiger partial charge in [0, 0.05) is 47.9 Å². The number of aromatic nitrogens is 3. The van der Waals surface area contributed by atoms with E-state index >= 15 is 13.2 Å². The van der Waals surface area contributed by atoms with Crippen LogP contribution in [-0.4, -0.2) is 45.8 Å². The van der Waals surface area contributed by atoms with Crippen LogP contribution in [0.15, 0.2) is 97.3 Å². The summed E-state index contributed by atoms with van der Waals surface area (Å²) in [4.78, 5) is 2.23. The summed E-state index contributed by atoms with van der Waals surface area (Å²) in [6.07, 6.45) is -0.0780. The van der Waals surface area contributed by atoms with Gasteiger partial charge in [-0.25, -0.2) is 9.07 Å². The van der Waals surface area contributed by atoms with Crippen molar-refractivity contribution in [3.05, 3.63) is 120 Å². The van der Waals surface area contributed by atoms with Crippen LogP contribution in [-0.2, 0) is 12.1 Å². The maximum atomic E-state index is 15.2. The standard InChI is InChI=1S/C35H30F4N4O2/c1-45-29-12-4-23(5-13-29)21-42-22-31(30-14-11-28(19-33(30)42)41-16-2-3-17-41)34(44,35(37,38)39)25-6-15-32-24(18-25)20-40-43(32)27-9-7-26(36)8-10-27/h4-15,18-20,22,44H,2-3,16-17,21H2,1H3. The summed E-state index contributed by atoms with van der Waals surface area (Å²) in [6, 6.07) is 22.6. The lowest BCUT2D eigenvalue weighted by Gasteiger charge is -2.31. The van der Waals surface area contributed by atoms with Crippen LogP contribution in [0.25, 0.3) is 27.5 Å². The van der Waals surface area contributed by atoms with Gasteiger partial charge in [0.05, 0.1) is 30.0 Å². The molecule has 10 heteroatoms. The maximum Gasteiger partial charge on any atom is 0.425 e. The number of rotatable bonds is 7. The molecule has 1 aliphatic heterocycles. The van der Waals surface area contributed by atoms with E-state index in [9.17, 15) is 9.50 Å². The van der Waals surface area contributed by atoms with Crippen molar-refractivity contribution >= 4 is 27.5 Å². The van der Waals surface area contributed by atoms with Gasteiger partial charge < -0.3 is 19.3 Å². The Labute approximate surface area is 256 Å². The lowest BCUT2D eigenvalue weighted by molar-refractivity contribution is -0.247. The Hall–Kier alpha value is -4.83. The minimum absolute atomic E-state index is 0.253. The zero-order chi connectivity index (χ0) is 31.3. The van der Waals surface area contributed by atoms with Crippen LogP contribution in [0, 0.1) is 5.82 Å². The van der Waals surface area contributed by atoms with Crippen LogP contribution in [0.2, 0.25) is 0 Å². The minimum Gasteiger partial charge on any atom is -0.497 e. The first kappa shape index (κ1) is 28.9. The lowest BCUT2D eigenvalue weighted by Crippen LogP contribution is -2.43. The Bertz CT molecular complexity index is 1990. The predicted molar refractivity (Wildman–Crippen MR) is 166 cm³/mol. The van der Waals surface area contributed by atoms with Gasteiger partial charge in [0.1, 0.15) is 11.6 Å². The summed E-state index contributed by atoms with van der Waals surface area (Å²) in [5.74, 6) is 0.268. The highest BCUT2D eigenvalue weighted by atomic mass is 19.4. The van der Waals surface area contributed by atoms with Gasteiger partial charge in [-0.1, -0.05) is 24.3 Å². The van der Waals surface area contributed by atoms with E-state index in [0.29, 0.717) is 39.8 Å². The molecule has 0 spiro atoms. The van der Waals surface area contributed by atoms with E-state index in [4.69, 9.17) is 4.74 Å². The molecule has 4 aromatic carbocycles. The second-order valence-corrected chi connectivity index (χ2v) is 11.4. The third kappa shape index (κ3) is 4.99. The van der Waals surface area contributed by atoms with Crippen molar-refractivity contribution in [2.75, 3.05) is 25.1 Å². The summed E-state index contributed by atoms with van der Waals surface area (Å²) < 4.78 is 67.7. The molecule has 1 N–H and O–H groups in total. The topological polar surface area (TPSA) is 55.5 Å². The van der Waals surface area contributed by atoms with Crippen LogP contribution in [0.4, 0.5) is 23.2 Å². The Balaban J connectivity index is 1.38. The van der Waals surface area contributed by atoms with E-state index in [1.54, 1.807) is 17.7 Å². The first-order chi connectivity index (χ1) is 21.7. The molecule has 1 fully saturated rings. The molecule has 1 saturated heterocycles. The number of benzene rings is 4. The molecule has 6 aromatic rings.